The van der Waals surface area contributed by atoms with Crippen LogP contribution in [0.1, 0.15) is 51.0 Å². The number of rotatable bonds is 10. The first kappa shape index (κ1) is 19.8. The van der Waals surface area contributed by atoms with Crippen molar-refractivity contribution >= 4 is 35.1 Å². The van der Waals surface area contributed by atoms with Crippen molar-refractivity contribution in [2.75, 3.05) is 6.61 Å². The Bertz CT molecular complexity index is 497. The van der Waals surface area contributed by atoms with E-state index in [1.807, 2.05) is 6.92 Å². The SMILES string of the molecule is CCCOC(=O)CCCCCC(=O)OCc1cc(Cl)cc(Cl)c1. The largest absolute Gasteiger partial charge is 0.466 e. The van der Waals surface area contributed by atoms with Crippen molar-refractivity contribution in [1.82, 2.24) is 0 Å². The molecule has 1 aromatic carbocycles. The summed E-state index contributed by atoms with van der Waals surface area (Å²) in [5.74, 6) is -0.443. The lowest BCUT2D eigenvalue weighted by molar-refractivity contribution is -0.145. The fourth-order valence-corrected chi connectivity index (χ4v) is 2.51. The lowest BCUT2D eigenvalue weighted by Gasteiger charge is -2.06. The summed E-state index contributed by atoms with van der Waals surface area (Å²) in [4.78, 5) is 22.9. The highest BCUT2D eigenvalue weighted by atomic mass is 35.5. The molecule has 0 heterocycles. The molecule has 0 spiro atoms. The highest BCUT2D eigenvalue weighted by Crippen LogP contribution is 2.19. The molecule has 1 rings (SSSR count). The van der Waals surface area contributed by atoms with Gasteiger partial charge in [-0.15, -0.1) is 0 Å². The van der Waals surface area contributed by atoms with Crippen molar-refractivity contribution in [1.29, 1.82) is 0 Å². The van der Waals surface area contributed by atoms with Gasteiger partial charge in [-0.25, -0.2) is 0 Å². The van der Waals surface area contributed by atoms with Gasteiger partial charge in [-0.2, -0.15) is 0 Å². The highest BCUT2D eigenvalue weighted by Gasteiger charge is 2.06. The molecule has 0 aliphatic carbocycles. The van der Waals surface area contributed by atoms with Crippen molar-refractivity contribution in [3.63, 3.8) is 0 Å². The second kappa shape index (κ2) is 11.3. The molecular weight excluding hydrogens is 339 g/mol. The molecule has 0 bridgehead atoms. The maximum atomic E-state index is 11.6. The molecule has 0 N–H and O–H groups in total. The molecule has 0 aliphatic rings. The van der Waals surface area contributed by atoms with E-state index in [1.54, 1.807) is 18.2 Å². The highest BCUT2D eigenvalue weighted by molar-refractivity contribution is 6.34. The molecule has 1 aromatic rings. The van der Waals surface area contributed by atoms with E-state index in [-0.39, 0.29) is 18.5 Å². The summed E-state index contributed by atoms with van der Waals surface area (Å²) < 4.78 is 10.1. The third kappa shape index (κ3) is 9.47. The van der Waals surface area contributed by atoms with Gasteiger partial charge in [0.05, 0.1) is 6.61 Å². The Labute approximate surface area is 147 Å². The zero-order valence-corrected chi connectivity index (χ0v) is 14.8. The van der Waals surface area contributed by atoms with Gasteiger partial charge in [-0.3, -0.25) is 9.59 Å². The first-order valence-electron chi connectivity index (χ1n) is 7.77. The Morgan fingerprint density at radius 3 is 2.04 bits per heavy atom. The van der Waals surface area contributed by atoms with Crippen LogP contribution in [0.25, 0.3) is 0 Å². The van der Waals surface area contributed by atoms with Crippen molar-refractivity contribution in [2.45, 2.75) is 52.1 Å². The van der Waals surface area contributed by atoms with Gasteiger partial charge in [0.2, 0.25) is 0 Å². The van der Waals surface area contributed by atoms with Gasteiger partial charge < -0.3 is 9.47 Å². The molecule has 0 radical (unpaired) electrons. The number of ether oxygens (including phenoxy) is 2. The average Bonchev–Trinajstić information content (AvgIpc) is 2.49. The number of hydrogen-bond donors (Lipinski definition) is 0. The monoisotopic (exact) mass is 360 g/mol. The standard InChI is InChI=1S/C17H22Cl2O4/c1-2-8-22-16(20)6-4-3-5-7-17(21)23-12-13-9-14(18)11-15(19)10-13/h9-11H,2-8,12H2,1H3. The predicted molar refractivity (Wildman–Crippen MR) is 90.6 cm³/mol. The zero-order valence-electron chi connectivity index (χ0n) is 13.3. The molecule has 0 saturated heterocycles. The Kier molecular flexibility index (Phi) is 9.72. The number of unbranched alkanes of at least 4 members (excludes halogenated alkanes) is 2. The Morgan fingerprint density at radius 1 is 0.913 bits per heavy atom. The van der Waals surface area contributed by atoms with Crippen LogP contribution in [-0.4, -0.2) is 18.5 Å². The van der Waals surface area contributed by atoms with E-state index in [0.29, 0.717) is 35.9 Å². The number of carbonyl (C=O) groups is 2. The molecule has 0 aliphatic heterocycles. The van der Waals surface area contributed by atoms with Gasteiger partial charge >= 0.3 is 11.9 Å². The summed E-state index contributed by atoms with van der Waals surface area (Å²) in [7, 11) is 0. The summed E-state index contributed by atoms with van der Waals surface area (Å²) in [6, 6.07) is 5.05. The summed E-state index contributed by atoms with van der Waals surface area (Å²) in [5, 5.41) is 1.03. The fraction of sp³-hybridized carbons (Fsp3) is 0.529. The number of hydrogen-bond acceptors (Lipinski definition) is 4. The van der Waals surface area contributed by atoms with Crippen LogP contribution in [-0.2, 0) is 25.7 Å². The summed E-state index contributed by atoms with van der Waals surface area (Å²) in [5.41, 5.74) is 0.759. The van der Waals surface area contributed by atoms with E-state index in [2.05, 4.69) is 0 Å². The molecule has 0 unspecified atom stereocenters. The van der Waals surface area contributed by atoms with Gasteiger partial charge in [0.1, 0.15) is 6.61 Å². The van der Waals surface area contributed by atoms with Crippen LogP contribution in [0.3, 0.4) is 0 Å². The van der Waals surface area contributed by atoms with Crippen LogP contribution in [0.2, 0.25) is 10.0 Å². The third-order valence-electron chi connectivity index (χ3n) is 3.05. The molecule has 0 fully saturated rings. The maximum absolute atomic E-state index is 11.6. The van der Waals surface area contributed by atoms with Gasteiger partial charge in [0.25, 0.3) is 0 Å². The maximum Gasteiger partial charge on any atom is 0.306 e. The minimum atomic E-state index is -0.269. The van der Waals surface area contributed by atoms with Crippen molar-refractivity contribution in [3.05, 3.63) is 33.8 Å². The van der Waals surface area contributed by atoms with E-state index in [4.69, 9.17) is 32.7 Å². The van der Waals surface area contributed by atoms with E-state index in [9.17, 15) is 9.59 Å². The van der Waals surface area contributed by atoms with Gasteiger partial charge in [-0.05, 0) is 43.0 Å². The lowest BCUT2D eigenvalue weighted by atomic mass is 10.1. The second-order valence-corrected chi connectivity index (χ2v) is 6.09. The van der Waals surface area contributed by atoms with Crippen LogP contribution in [0.5, 0.6) is 0 Å². The van der Waals surface area contributed by atoms with Gasteiger partial charge in [0, 0.05) is 22.9 Å². The van der Waals surface area contributed by atoms with Gasteiger partial charge in [-0.1, -0.05) is 36.5 Å². The number of benzene rings is 1. The van der Waals surface area contributed by atoms with Crippen molar-refractivity contribution < 1.29 is 19.1 Å². The first-order chi connectivity index (χ1) is 11.0. The van der Waals surface area contributed by atoms with E-state index < -0.39 is 0 Å². The van der Waals surface area contributed by atoms with E-state index >= 15 is 0 Å². The molecule has 4 nitrogen and oxygen atoms in total. The minimum Gasteiger partial charge on any atom is -0.466 e. The number of carbonyl (C=O) groups excluding carboxylic acids is 2. The molecule has 0 atom stereocenters. The molecule has 0 aromatic heterocycles. The Morgan fingerprint density at radius 2 is 1.48 bits per heavy atom. The van der Waals surface area contributed by atoms with Gasteiger partial charge in [0.15, 0.2) is 0 Å². The summed E-state index contributed by atoms with van der Waals surface area (Å²) in [6.07, 6.45) is 3.76. The third-order valence-corrected chi connectivity index (χ3v) is 3.49. The van der Waals surface area contributed by atoms with E-state index in [0.717, 1.165) is 24.8 Å². The van der Waals surface area contributed by atoms with Crippen LogP contribution >= 0.6 is 23.2 Å². The Hall–Kier alpha value is -1.26. The lowest BCUT2D eigenvalue weighted by Crippen LogP contribution is -2.06. The molecular formula is C17H22Cl2O4. The van der Waals surface area contributed by atoms with Crippen LogP contribution < -0.4 is 0 Å². The molecule has 0 amide bonds. The zero-order chi connectivity index (χ0) is 17.1. The normalized spacial score (nSPS) is 10.4. The first-order valence-corrected chi connectivity index (χ1v) is 8.53. The Balaban J connectivity index is 2.11. The quantitative estimate of drug-likeness (QED) is 0.438. The number of halogens is 2. The minimum absolute atomic E-state index is 0.155. The van der Waals surface area contributed by atoms with Crippen molar-refractivity contribution in [3.8, 4) is 0 Å². The van der Waals surface area contributed by atoms with E-state index in [1.165, 1.54) is 0 Å². The molecule has 23 heavy (non-hydrogen) atoms. The van der Waals surface area contributed by atoms with Crippen LogP contribution in [0.4, 0.5) is 0 Å². The number of esters is 2. The van der Waals surface area contributed by atoms with Crippen molar-refractivity contribution in [2.24, 2.45) is 0 Å². The second-order valence-electron chi connectivity index (χ2n) is 5.22. The summed E-state index contributed by atoms with van der Waals surface area (Å²) >= 11 is 11.8. The van der Waals surface area contributed by atoms with Crippen LogP contribution in [0.15, 0.2) is 18.2 Å². The predicted octanol–water partition coefficient (Wildman–Crippen LogP) is 4.94. The molecule has 128 valence electrons. The fourth-order valence-electron chi connectivity index (χ4n) is 1.93. The molecule has 0 saturated carbocycles. The smallest absolute Gasteiger partial charge is 0.306 e. The topological polar surface area (TPSA) is 52.6 Å². The van der Waals surface area contributed by atoms with Crippen LogP contribution in [0, 0.1) is 0 Å². The average molecular weight is 361 g/mol. The summed E-state index contributed by atoms with van der Waals surface area (Å²) in [6.45, 7) is 2.58. The molecule has 6 heteroatoms.